The molecule has 1 unspecified atom stereocenters. The van der Waals surface area contributed by atoms with Gasteiger partial charge in [-0.1, -0.05) is 29.8 Å². The molecule has 0 radical (unpaired) electrons. The summed E-state index contributed by atoms with van der Waals surface area (Å²) in [7, 11) is 0. The molecule has 3 rings (SSSR count). The highest BCUT2D eigenvalue weighted by Gasteiger charge is 2.28. The van der Waals surface area contributed by atoms with Crippen LogP contribution >= 0.6 is 11.6 Å². The number of ether oxygens (including phenoxy) is 1. The molecule has 0 spiro atoms. The average molecular weight is 278 g/mol. The lowest BCUT2D eigenvalue weighted by molar-refractivity contribution is 0.157. The molecule has 0 aromatic heterocycles. The smallest absolute Gasteiger partial charge is 0.130 e. The van der Waals surface area contributed by atoms with Gasteiger partial charge in [0, 0.05) is 28.6 Å². The van der Waals surface area contributed by atoms with E-state index in [0.717, 1.165) is 5.56 Å². The number of hydrogen-bond acceptors (Lipinski definition) is 2. The maximum atomic E-state index is 13.8. The van der Waals surface area contributed by atoms with Gasteiger partial charge >= 0.3 is 0 Å². The summed E-state index contributed by atoms with van der Waals surface area (Å²) < 4.78 is 19.6. The number of hydrogen-bond donors (Lipinski definition) is 1. The minimum atomic E-state index is -0.357. The van der Waals surface area contributed by atoms with E-state index in [9.17, 15) is 4.39 Å². The third-order valence-corrected chi connectivity index (χ3v) is 3.60. The van der Waals surface area contributed by atoms with Gasteiger partial charge in [-0.15, -0.1) is 0 Å². The fourth-order valence-corrected chi connectivity index (χ4v) is 2.58. The average Bonchev–Trinajstić information content (AvgIpc) is 2.40. The Balaban J connectivity index is 1.97. The second-order valence-electron chi connectivity index (χ2n) is 4.65. The fraction of sp³-hybridized carbons (Fsp3) is 0.200. The van der Waals surface area contributed by atoms with Crippen LogP contribution in [0.25, 0.3) is 0 Å². The second-order valence-corrected chi connectivity index (χ2v) is 5.09. The van der Waals surface area contributed by atoms with Gasteiger partial charge in [0.25, 0.3) is 0 Å². The molecule has 0 saturated carbocycles. The number of nitrogens with two attached hydrogens (primary N) is 1. The number of benzene rings is 2. The van der Waals surface area contributed by atoms with Crippen molar-refractivity contribution in [1.82, 2.24) is 0 Å². The van der Waals surface area contributed by atoms with Crippen LogP contribution < -0.4 is 10.5 Å². The molecule has 1 aliphatic rings. The molecule has 0 saturated heterocycles. The molecule has 0 aliphatic carbocycles. The maximum Gasteiger partial charge on any atom is 0.130 e. The van der Waals surface area contributed by atoms with Crippen LogP contribution in [0.4, 0.5) is 4.39 Å². The van der Waals surface area contributed by atoms with Crippen LogP contribution in [0, 0.1) is 5.82 Å². The summed E-state index contributed by atoms with van der Waals surface area (Å²) >= 11 is 5.95. The van der Waals surface area contributed by atoms with Gasteiger partial charge in [-0.2, -0.15) is 0 Å². The SMILES string of the molecule is N[C@H]1CC(c2ccccc2F)Oc2ccc(Cl)cc21. The van der Waals surface area contributed by atoms with E-state index in [4.69, 9.17) is 22.1 Å². The normalized spacial score (nSPS) is 21.6. The van der Waals surface area contributed by atoms with Crippen molar-refractivity contribution in [2.45, 2.75) is 18.6 Å². The van der Waals surface area contributed by atoms with Gasteiger partial charge in [-0.05, 0) is 24.3 Å². The Morgan fingerprint density at radius 2 is 1.95 bits per heavy atom. The van der Waals surface area contributed by atoms with Crippen molar-refractivity contribution in [1.29, 1.82) is 0 Å². The molecule has 2 N–H and O–H groups in total. The summed E-state index contributed by atoms with van der Waals surface area (Å²) in [5.74, 6) is 0.411. The first-order chi connectivity index (χ1) is 9.15. The summed E-state index contributed by atoms with van der Waals surface area (Å²) in [5.41, 5.74) is 7.55. The van der Waals surface area contributed by atoms with E-state index >= 15 is 0 Å². The lowest BCUT2D eigenvalue weighted by atomic mass is 9.93. The summed E-state index contributed by atoms with van der Waals surface area (Å²) in [4.78, 5) is 0. The first kappa shape index (κ1) is 12.5. The minimum absolute atomic E-state index is 0.202. The molecule has 19 heavy (non-hydrogen) atoms. The van der Waals surface area contributed by atoms with E-state index in [1.54, 1.807) is 36.4 Å². The van der Waals surface area contributed by atoms with Crippen molar-refractivity contribution in [3.8, 4) is 5.75 Å². The Morgan fingerprint density at radius 3 is 2.74 bits per heavy atom. The Kier molecular flexibility index (Phi) is 3.17. The predicted molar refractivity (Wildman–Crippen MR) is 72.8 cm³/mol. The first-order valence-corrected chi connectivity index (χ1v) is 6.49. The van der Waals surface area contributed by atoms with Crippen LogP contribution in [0.15, 0.2) is 42.5 Å². The molecule has 2 atom stereocenters. The zero-order valence-electron chi connectivity index (χ0n) is 10.1. The topological polar surface area (TPSA) is 35.2 Å². The summed E-state index contributed by atoms with van der Waals surface area (Å²) in [6.45, 7) is 0. The van der Waals surface area contributed by atoms with E-state index in [0.29, 0.717) is 22.8 Å². The van der Waals surface area contributed by atoms with E-state index in [-0.39, 0.29) is 18.0 Å². The van der Waals surface area contributed by atoms with Gasteiger partial charge in [-0.25, -0.2) is 4.39 Å². The van der Waals surface area contributed by atoms with Crippen LogP contribution in [-0.4, -0.2) is 0 Å². The zero-order valence-corrected chi connectivity index (χ0v) is 10.9. The molecule has 98 valence electrons. The molecule has 1 heterocycles. The Hall–Kier alpha value is -1.58. The van der Waals surface area contributed by atoms with E-state index in [2.05, 4.69) is 0 Å². The van der Waals surface area contributed by atoms with Crippen LogP contribution in [0.1, 0.15) is 29.7 Å². The van der Waals surface area contributed by atoms with Crippen LogP contribution in [0.2, 0.25) is 5.02 Å². The van der Waals surface area contributed by atoms with Gasteiger partial charge in [0.05, 0.1) is 0 Å². The molecule has 2 nitrogen and oxygen atoms in total. The quantitative estimate of drug-likeness (QED) is 0.855. The lowest BCUT2D eigenvalue weighted by Crippen LogP contribution is -2.24. The Morgan fingerprint density at radius 1 is 1.16 bits per heavy atom. The van der Waals surface area contributed by atoms with E-state index in [1.165, 1.54) is 6.07 Å². The summed E-state index contributed by atoms with van der Waals surface area (Å²) in [5, 5.41) is 0.627. The monoisotopic (exact) mass is 277 g/mol. The maximum absolute atomic E-state index is 13.8. The van der Waals surface area contributed by atoms with Crippen LogP contribution in [-0.2, 0) is 0 Å². The highest BCUT2D eigenvalue weighted by Crippen LogP contribution is 2.41. The summed E-state index contributed by atoms with van der Waals surface area (Å²) in [6, 6.07) is 11.8. The second kappa shape index (κ2) is 4.83. The summed E-state index contributed by atoms with van der Waals surface area (Å²) in [6.07, 6.45) is 0.179. The molecule has 4 heteroatoms. The molecule has 2 aromatic carbocycles. The van der Waals surface area contributed by atoms with Crippen molar-refractivity contribution in [3.63, 3.8) is 0 Å². The molecular formula is C15H13ClFNO. The highest BCUT2D eigenvalue weighted by molar-refractivity contribution is 6.30. The minimum Gasteiger partial charge on any atom is -0.485 e. The Bertz CT molecular complexity index is 617. The van der Waals surface area contributed by atoms with Gasteiger partial charge in [0.2, 0.25) is 0 Å². The van der Waals surface area contributed by atoms with Crippen molar-refractivity contribution in [3.05, 3.63) is 64.4 Å². The van der Waals surface area contributed by atoms with Gasteiger partial charge in [0.1, 0.15) is 17.7 Å². The van der Waals surface area contributed by atoms with Crippen LogP contribution in [0.5, 0.6) is 5.75 Å². The number of fused-ring (bicyclic) bond motifs is 1. The van der Waals surface area contributed by atoms with Crippen molar-refractivity contribution in [2.24, 2.45) is 5.73 Å². The van der Waals surface area contributed by atoms with Crippen molar-refractivity contribution < 1.29 is 9.13 Å². The molecule has 0 bridgehead atoms. The molecular weight excluding hydrogens is 265 g/mol. The van der Waals surface area contributed by atoms with Crippen molar-refractivity contribution >= 4 is 11.6 Å². The lowest BCUT2D eigenvalue weighted by Gasteiger charge is -2.30. The third-order valence-electron chi connectivity index (χ3n) is 3.36. The molecule has 1 aliphatic heterocycles. The molecule has 0 fully saturated rings. The third kappa shape index (κ3) is 2.31. The molecule has 2 aromatic rings. The van der Waals surface area contributed by atoms with Gasteiger partial charge in [-0.3, -0.25) is 0 Å². The van der Waals surface area contributed by atoms with Gasteiger partial charge in [0.15, 0.2) is 0 Å². The number of halogens is 2. The largest absolute Gasteiger partial charge is 0.485 e. The molecule has 0 amide bonds. The number of rotatable bonds is 1. The Labute approximate surface area is 115 Å². The van der Waals surface area contributed by atoms with Gasteiger partial charge < -0.3 is 10.5 Å². The standard InChI is InChI=1S/C15H13ClFNO/c16-9-5-6-14-11(7-9)13(18)8-15(19-14)10-3-1-2-4-12(10)17/h1-7,13,15H,8,18H2/t13-,15?/m0/s1. The van der Waals surface area contributed by atoms with Crippen LogP contribution in [0.3, 0.4) is 0 Å². The fourth-order valence-electron chi connectivity index (χ4n) is 2.40. The first-order valence-electron chi connectivity index (χ1n) is 6.11. The predicted octanol–water partition coefficient (Wildman–Crippen LogP) is 4.00. The highest BCUT2D eigenvalue weighted by atomic mass is 35.5. The zero-order chi connectivity index (χ0) is 13.4. The van der Waals surface area contributed by atoms with Crippen molar-refractivity contribution in [2.75, 3.05) is 0 Å². The van der Waals surface area contributed by atoms with E-state index < -0.39 is 0 Å². The van der Waals surface area contributed by atoms with E-state index in [1.807, 2.05) is 0 Å².